The number of anilines is 1. The third-order valence-corrected chi connectivity index (χ3v) is 9.49. The fourth-order valence-corrected chi connectivity index (χ4v) is 7.44. The van der Waals surface area contributed by atoms with Crippen molar-refractivity contribution in [2.75, 3.05) is 11.9 Å². The van der Waals surface area contributed by atoms with E-state index in [4.69, 9.17) is 5.73 Å². The zero-order valence-corrected chi connectivity index (χ0v) is 18.9. The maximum atomic E-state index is 13.2. The first kappa shape index (κ1) is 21.7. The smallest absolute Gasteiger partial charge is 0.253 e. The fraction of sp³-hybridized carbons (Fsp3) is 0.238. The second-order valence-corrected chi connectivity index (χ2v) is 11.2. The van der Waals surface area contributed by atoms with Gasteiger partial charge in [0.1, 0.15) is 15.3 Å². The first-order chi connectivity index (χ1) is 14.9. The summed E-state index contributed by atoms with van der Waals surface area (Å²) in [4.78, 5) is 25.9. The number of hydrogen-bond donors (Lipinski definition) is 2. The van der Waals surface area contributed by atoms with Crippen LogP contribution < -0.4 is 11.1 Å². The number of rotatable bonds is 6. The highest BCUT2D eigenvalue weighted by molar-refractivity contribution is 7.91. The minimum Gasteiger partial charge on any atom is -0.366 e. The van der Waals surface area contributed by atoms with Crippen molar-refractivity contribution in [3.63, 3.8) is 0 Å². The van der Waals surface area contributed by atoms with Gasteiger partial charge < -0.3 is 11.1 Å². The van der Waals surface area contributed by atoms with E-state index in [-0.39, 0.29) is 16.3 Å². The minimum atomic E-state index is -3.77. The molecule has 1 aliphatic rings. The molecule has 1 aliphatic heterocycles. The molecule has 0 radical (unpaired) electrons. The summed E-state index contributed by atoms with van der Waals surface area (Å²) in [6.07, 6.45) is 1.86. The van der Waals surface area contributed by atoms with Gasteiger partial charge in [0.2, 0.25) is 5.91 Å². The Morgan fingerprint density at radius 2 is 1.87 bits per heavy atom. The van der Waals surface area contributed by atoms with Gasteiger partial charge >= 0.3 is 0 Å². The van der Waals surface area contributed by atoms with E-state index < -0.39 is 27.9 Å². The number of benzene rings is 1. The van der Waals surface area contributed by atoms with Crippen molar-refractivity contribution in [2.45, 2.75) is 29.5 Å². The number of nitrogens with zero attached hydrogens (tertiary/aromatic N) is 1. The molecule has 0 spiro atoms. The fourth-order valence-electron chi connectivity index (χ4n) is 3.59. The first-order valence-electron chi connectivity index (χ1n) is 9.73. The normalized spacial score (nSPS) is 17.4. The number of piperidine rings is 1. The van der Waals surface area contributed by atoms with Crippen molar-refractivity contribution < 1.29 is 18.0 Å². The average Bonchev–Trinajstić information content (AvgIpc) is 3.45. The van der Waals surface area contributed by atoms with E-state index in [0.29, 0.717) is 17.8 Å². The molecule has 2 amide bonds. The number of carbonyl (C=O) groups excluding carboxylic acids is 2. The predicted molar refractivity (Wildman–Crippen MR) is 123 cm³/mol. The summed E-state index contributed by atoms with van der Waals surface area (Å²) in [6.45, 7) is 0.278. The molecule has 31 heavy (non-hydrogen) atoms. The Hall–Kier alpha value is -2.53. The van der Waals surface area contributed by atoms with Gasteiger partial charge in [0.15, 0.2) is 0 Å². The van der Waals surface area contributed by atoms with Crippen LogP contribution in [0.1, 0.15) is 29.6 Å². The molecule has 0 bridgehead atoms. The van der Waals surface area contributed by atoms with Gasteiger partial charge in [-0.2, -0.15) is 4.31 Å². The van der Waals surface area contributed by atoms with E-state index in [1.54, 1.807) is 23.6 Å². The van der Waals surface area contributed by atoms with Gasteiger partial charge in [-0.15, -0.1) is 22.7 Å². The minimum absolute atomic E-state index is 0.209. The van der Waals surface area contributed by atoms with Gasteiger partial charge in [0.25, 0.3) is 15.9 Å². The Balaban J connectivity index is 1.62. The lowest BCUT2D eigenvalue weighted by molar-refractivity contribution is -0.120. The molecule has 1 unspecified atom stereocenters. The second kappa shape index (κ2) is 8.91. The number of sulfonamides is 1. The van der Waals surface area contributed by atoms with E-state index in [2.05, 4.69) is 5.32 Å². The quantitative estimate of drug-likeness (QED) is 0.566. The zero-order chi connectivity index (χ0) is 22.0. The number of thiophene rings is 2. The van der Waals surface area contributed by atoms with E-state index in [0.717, 1.165) is 28.2 Å². The summed E-state index contributed by atoms with van der Waals surface area (Å²) in [7, 11) is -3.77. The van der Waals surface area contributed by atoms with Gasteiger partial charge in [-0.1, -0.05) is 42.8 Å². The Kier molecular flexibility index (Phi) is 6.24. The summed E-state index contributed by atoms with van der Waals surface area (Å²) >= 11 is 2.37. The summed E-state index contributed by atoms with van der Waals surface area (Å²) in [5, 5.41) is 4.80. The van der Waals surface area contributed by atoms with Crippen LogP contribution in [0, 0.1) is 0 Å². The zero-order valence-electron chi connectivity index (χ0n) is 16.5. The molecule has 1 fully saturated rings. The molecule has 162 valence electrons. The number of nitrogens with one attached hydrogen (secondary N) is 1. The second-order valence-electron chi connectivity index (χ2n) is 7.13. The summed E-state index contributed by atoms with van der Waals surface area (Å²) < 4.78 is 27.6. The van der Waals surface area contributed by atoms with E-state index in [1.165, 1.54) is 15.6 Å². The molecule has 0 aliphatic carbocycles. The van der Waals surface area contributed by atoms with E-state index >= 15 is 0 Å². The highest BCUT2D eigenvalue weighted by Crippen LogP contribution is 2.36. The molecule has 3 N–H and O–H groups in total. The van der Waals surface area contributed by atoms with Crippen molar-refractivity contribution in [1.29, 1.82) is 0 Å². The molecule has 1 atom stereocenters. The number of carbonyl (C=O) groups is 2. The number of hydrogen-bond acceptors (Lipinski definition) is 6. The Morgan fingerprint density at radius 1 is 1.10 bits per heavy atom. The molecule has 0 saturated carbocycles. The predicted octanol–water partition coefficient (Wildman–Crippen LogP) is 3.76. The largest absolute Gasteiger partial charge is 0.366 e. The van der Waals surface area contributed by atoms with Crippen LogP contribution in [0.4, 0.5) is 5.00 Å². The van der Waals surface area contributed by atoms with Gasteiger partial charge in [0, 0.05) is 11.4 Å². The number of primary amides is 1. The maximum Gasteiger partial charge on any atom is 0.253 e. The topological polar surface area (TPSA) is 110 Å². The Morgan fingerprint density at radius 3 is 2.55 bits per heavy atom. The van der Waals surface area contributed by atoms with Crippen molar-refractivity contribution in [2.24, 2.45) is 5.73 Å². The van der Waals surface area contributed by atoms with Crippen LogP contribution in [0.3, 0.4) is 0 Å². The van der Waals surface area contributed by atoms with Crippen LogP contribution in [0.15, 0.2) is 58.1 Å². The molecule has 4 rings (SSSR count). The maximum absolute atomic E-state index is 13.2. The van der Waals surface area contributed by atoms with Crippen LogP contribution in [0.2, 0.25) is 0 Å². The lowest BCUT2D eigenvalue weighted by Crippen LogP contribution is -2.49. The van der Waals surface area contributed by atoms with Crippen LogP contribution in [-0.4, -0.2) is 37.1 Å². The van der Waals surface area contributed by atoms with Crippen molar-refractivity contribution in [3.05, 3.63) is 59.5 Å². The molecule has 7 nitrogen and oxygen atoms in total. The molecule has 3 aromatic rings. The highest BCUT2D eigenvalue weighted by atomic mass is 32.2. The number of amides is 2. The Labute approximate surface area is 188 Å². The van der Waals surface area contributed by atoms with Gasteiger partial charge in [-0.25, -0.2) is 8.42 Å². The molecule has 1 aromatic carbocycles. The van der Waals surface area contributed by atoms with Gasteiger partial charge in [0.05, 0.1) is 5.56 Å². The third kappa shape index (κ3) is 4.42. The van der Waals surface area contributed by atoms with Gasteiger partial charge in [-0.05, 0) is 35.9 Å². The molecule has 3 heterocycles. The van der Waals surface area contributed by atoms with Crippen molar-refractivity contribution in [3.8, 4) is 10.4 Å². The van der Waals surface area contributed by atoms with E-state index in [1.807, 2.05) is 30.3 Å². The SMILES string of the molecule is NC(=O)c1cc(-c2ccccc2)sc1NC(=O)C1CCCCN1S(=O)(=O)c1cccs1. The molecule has 10 heteroatoms. The summed E-state index contributed by atoms with van der Waals surface area (Å²) in [5.41, 5.74) is 6.64. The summed E-state index contributed by atoms with van der Waals surface area (Å²) in [6, 6.07) is 13.5. The van der Waals surface area contributed by atoms with Crippen molar-refractivity contribution in [1.82, 2.24) is 4.31 Å². The van der Waals surface area contributed by atoms with E-state index in [9.17, 15) is 18.0 Å². The van der Waals surface area contributed by atoms with Crippen molar-refractivity contribution >= 4 is 49.5 Å². The average molecular weight is 476 g/mol. The lowest BCUT2D eigenvalue weighted by Gasteiger charge is -2.33. The first-order valence-corrected chi connectivity index (χ1v) is 12.9. The van der Waals surface area contributed by atoms with Crippen LogP contribution in [0.5, 0.6) is 0 Å². The lowest BCUT2D eigenvalue weighted by atomic mass is 10.0. The molecule has 1 saturated heterocycles. The summed E-state index contributed by atoms with van der Waals surface area (Å²) in [5.74, 6) is -1.11. The molecular formula is C21H21N3O4S3. The van der Waals surface area contributed by atoms with Crippen LogP contribution in [-0.2, 0) is 14.8 Å². The van der Waals surface area contributed by atoms with Crippen LogP contribution >= 0.6 is 22.7 Å². The van der Waals surface area contributed by atoms with Crippen LogP contribution in [0.25, 0.3) is 10.4 Å². The highest BCUT2D eigenvalue weighted by Gasteiger charge is 2.38. The molecule has 2 aromatic heterocycles. The standard InChI is InChI=1S/C21H21N3O4S3/c22-19(25)15-13-17(14-7-2-1-3-8-14)30-21(15)23-20(26)16-9-4-5-11-24(16)31(27,28)18-10-6-12-29-18/h1-3,6-8,10,12-13,16H,4-5,9,11H2,(H2,22,25)(H,23,26). The Bertz CT molecular complexity index is 1190. The van der Waals surface area contributed by atoms with Gasteiger partial charge in [-0.3, -0.25) is 9.59 Å². The third-order valence-electron chi connectivity index (χ3n) is 5.11. The number of nitrogens with two attached hydrogens (primary N) is 1. The molecular weight excluding hydrogens is 454 g/mol. The monoisotopic (exact) mass is 475 g/mol.